The number of ether oxygens (including phenoxy) is 1. The zero-order valence-electron chi connectivity index (χ0n) is 8.44. The van der Waals surface area contributed by atoms with Gasteiger partial charge in [-0.1, -0.05) is 18.2 Å². The van der Waals surface area contributed by atoms with Gasteiger partial charge in [0, 0.05) is 29.1 Å². The standard InChI is InChI=1S/C11H11FN2O2/c12-11-8(6-16-7-15)2-1-3-10(11)9(4-13)5-14/h1-5,7,13H,6,14H2/b9-5+,13-4?. The minimum Gasteiger partial charge on any atom is -0.463 e. The van der Waals surface area contributed by atoms with Crippen LogP contribution in [0.15, 0.2) is 24.4 Å². The van der Waals surface area contributed by atoms with Crippen LogP contribution in [-0.4, -0.2) is 12.7 Å². The Bertz CT molecular complexity index is 430. The molecule has 1 aromatic rings. The number of benzene rings is 1. The topological polar surface area (TPSA) is 76.2 Å². The summed E-state index contributed by atoms with van der Waals surface area (Å²) >= 11 is 0. The number of allylic oxidation sites excluding steroid dienone is 1. The maximum atomic E-state index is 13.8. The zero-order chi connectivity index (χ0) is 12.0. The van der Waals surface area contributed by atoms with Gasteiger partial charge in [-0.25, -0.2) is 4.39 Å². The van der Waals surface area contributed by atoms with Crippen molar-refractivity contribution in [2.24, 2.45) is 5.73 Å². The smallest absolute Gasteiger partial charge is 0.293 e. The van der Waals surface area contributed by atoms with Gasteiger partial charge in [0.25, 0.3) is 6.47 Å². The maximum Gasteiger partial charge on any atom is 0.293 e. The summed E-state index contributed by atoms with van der Waals surface area (Å²) < 4.78 is 18.3. The Hall–Kier alpha value is -2.17. The van der Waals surface area contributed by atoms with E-state index >= 15 is 0 Å². The number of nitrogens with two attached hydrogens (primary N) is 1. The lowest BCUT2D eigenvalue weighted by Crippen LogP contribution is -2.00. The van der Waals surface area contributed by atoms with Crippen LogP contribution in [0.5, 0.6) is 0 Å². The molecule has 1 rings (SSSR count). The molecular formula is C11H11FN2O2. The van der Waals surface area contributed by atoms with Crippen LogP contribution in [0, 0.1) is 11.2 Å². The molecule has 5 heteroatoms. The third-order valence-corrected chi connectivity index (χ3v) is 2.03. The molecule has 0 aliphatic heterocycles. The number of rotatable bonds is 5. The molecular weight excluding hydrogens is 211 g/mol. The molecule has 0 saturated carbocycles. The van der Waals surface area contributed by atoms with Gasteiger partial charge in [-0.3, -0.25) is 4.79 Å². The average Bonchev–Trinajstić information content (AvgIpc) is 2.31. The highest BCUT2D eigenvalue weighted by Gasteiger charge is 2.10. The summed E-state index contributed by atoms with van der Waals surface area (Å²) in [6.45, 7) is 0.113. The number of nitrogens with one attached hydrogen (secondary N) is 1. The first-order valence-corrected chi connectivity index (χ1v) is 4.50. The first-order valence-electron chi connectivity index (χ1n) is 4.50. The molecule has 0 unspecified atom stereocenters. The highest BCUT2D eigenvalue weighted by Crippen LogP contribution is 2.19. The van der Waals surface area contributed by atoms with Crippen molar-refractivity contribution in [1.29, 1.82) is 5.41 Å². The molecule has 4 nitrogen and oxygen atoms in total. The van der Waals surface area contributed by atoms with E-state index in [1.54, 1.807) is 6.07 Å². The van der Waals surface area contributed by atoms with Gasteiger partial charge >= 0.3 is 0 Å². The Balaban J connectivity index is 3.12. The largest absolute Gasteiger partial charge is 0.463 e. The first-order chi connectivity index (χ1) is 7.74. The summed E-state index contributed by atoms with van der Waals surface area (Å²) in [5.74, 6) is -0.537. The molecule has 84 valence electrons. The predicted octanol–water partition coefficient (Wildman–Crippen LogP) is 1.45. The molecule has 0 aliphatic carbocycles. The molecule has 0 spiro atoms. The molecule has 0 atom stereocenters. The van der Waals surface area contributed by atoms with E-state index in [1.165, 1.54) is 12.1 Å². The van der Waals surface area contributed by atoms with E-state index in [-0.39, 0.29) is 29.8 Å². The van der Waals surface area contributed by atoms with E-state index in [0.29, 0.717) is 0 Å². The quantitative estimate of drug-likeness (QED) is 0.584. The summed E-state index contributed by atoms with van der Waals surface area (Å²) in [6.07, 6.45) is 2.11. The molecule has 0 amide bonds. The molecule has 0 aromatic heterocycles. The summed E-state index contributed by atoms with van der Waals surface area (Å²) in [5.41, 5.74) is 5.99. The normalized spacial score (nSPS) is 10.9. The van der Waals surface area contributed by atoms with Crippen LogP contribution < -0.4 is 5.73 Å². The van der Waals surface area contributed by atoms with Gasteiger partial charge in [0.1, 0.15) is 12.4 Å². The lowest BCUT2D eigenvalue weighted by Gasteiger charge is -2.07. The fraction of sp³-hybridized carbons (Fsp3) is 0.0909. The molecule has 0 saturated heterocycles. The van der Waals surface area contributed by atoms with Crippen molar-refractivity contribution in [2.75, 3.05) is 0 Å². The summed E-state index contributed by atoms with van der Waals surface area (Å²) in [7, 11) is 0. The summed E-state index contributed by atoms with van der Waals surface area (Å²) in [4.78, 5) is 10.0. The number of carbonyl (C=O) groups excluding carboxylic acids is 1. The monoisotopic (exact) mass is 222 g/mol. The molecule has 0 fully saturated rings. The van der Waals surface area contributed by atoms with Crippen molar-refractivity contribution < 1.29 is 13.9 Å². The van der Waals surface area contributed by atoms with E-state index in [0.717, 1.165) is 12.4 Å². The second-order valence-corrected chi connectivity index (χ2v) is 2.95. The number of hydrogen-bond acceptors (Lipinski definition) is 4. The highest BCUT2D eigenvalue weighted by molar-refractivity contribution is 6.08. The van der Waals surface area contributed by atoms with Crippen LogP contribution >= 0.6 is 0 Å². The van der Waals surface area contributed by atoms with E-state index in [1.807, 2.05) is 0 Å². The molecule has 1 aromatic carbocycles. The lowest BCUT2D eigenvalue weighted by molar-refractivity contribution is -0.129. The summed E-state index contributed by atoms with van der Waals surface area (Å²) in [6, 6.07) is 4.61. The van der Waals surface area contributed by atoms with Crippen molar-refractivity contribution in [3.8, 4) is 0 Å². The second kappa shape index (κ2) is 5.65. The van der Waals surface area contributed by atoms with Crippen LogP contribution in [0.1, 0.15) is 11.1 Å². The van der Waals surface area contributed by atoms with Gasteiger partial charge in [0.2, 0.25) is 0 Å². The number of hydrogen-bond donors (Lipinski definition) is 2. The van der Waals surface area contributed by atoms with Crippen LogP contribution in [0.25, 0.3) is 5.57 Å². The molecule has 16 heavy (non-hydrogen) atoms. The van der Waals surface area contributed by atoms with Crippen molar-refractivity contribution in [2.45, 2.75) is 6.61 Å². The molecule has 3 N–H and O–H groups in total. The fourth-order valence-corrected chi connectivity index (χ4v) is 1.25. The minimum absolute atomic E-state index is 0.140. The van der Waals surface area contributed by atoms with Gasteiger partial charge in [-0.2, -0.15) is 0 Å². The Morgan fingerprint density at radius 3 is 2.88 bits per heavy atom. The lowest BCUT2D eigenvalue weighted by atomic mass is 10.0. The van der Waals surface area contributed by atoms with Gasteiger partial charge in [0.15, 0.2) is 0 Å². The molecule has 0 aliphatic rings. The van der Waals surface area contributed by atoms with Gasteiger partial charge in [-0.15, -0.1) is 0 Å². The van der Waals surface area contributed by atoms with Crippen molar-refractivity contribution in [1.82, 2.24) is 0 Å². The number of carbonyl (C=O) groups is 1. The van der Waals surface area contributed by atoms with E-state index in [9.17, 15) is 9.18 Å². The van der Waals surface area contributed by atoms with Crippen molar-refractivity contribution in [3.63, 3.8) is 0 Å². The Morgan fingerprint density at radius 2 is 2.31 bits per heavy atom. The van der Waals surface area contributed by atoms with Gasteiger partial charge in [0.05, 0.1) is 0 Å². The van der Waals surface area contributed by atoms with Crippen LogP contribution in [0.3, 0.4) is 0 Å². The van der Waals surface area contributed by atoms with E-state index < -0.39 is 5.82 Å². The highest BCUT2D eigenvalue weighted by atomic mass is 19.1. The molecule has 0 heterocycles. The van der Waals surface area contributed by atoms with Crippen molar-refractivity contribution >= 4 is 18.3 Å². The van der Waals surface area contributed by atoms with Crippen LogP contribution in [0.2, 0.25) is 0 Å². The van der Waals surface area contributed by atoms with E-state index in [2.05, 4.69) is 4.74 Å². The Kier molecular flexibility index (Phi) is 4.20. The molecule has 0 bridgehead atoms. The zero-order valence-corrected chi connectivity index (χ0v) is 8.44. The Morgan fingerprint density at radius 1 is 1.56 bits per heavy atom. The van der Waals surface area contributed by atoms with Gasteiger partial charge in [-0.05, 0) is 0 Å². The van der Waals surface area contributed by atoms with E-state index in [4.69, 9.17) is 11.1 Å². The average molecular weight is 222 g/mol. The second-order valence-electron chi connectivity index (χ2n) is 2.95. The maximum absolute atomic E-state index is 13.8. The fourth-order valence-electron chi connectivity index (χ4n) is 1.25. The van der Waals surface area contributed by atoms with Crippen molar-refractivity contribution in [3.05, 3.63) is 41.3 Å². The van der Waals surface area contributed by atoms with Crippen LogP contribution in [-0.2, 0) is 16.1 Å². The summed E-state index contributed by atoms with van der Waals surface area (Å²) in [5, 5.41) is 7.08. The number of halogens is 1. The third-order valence-electron chi connectivity index (χ3n) is 2.03. The van der Waals surface area contributed by atoms with Crippen LogP contribution in [0.4, 0.5) is 4.39 Å². The molecule has 0 radical (unpaired) electrons. The Labute approximate surface area is 92.0 Å². The van der Waals surface area contributed by atoms with Gasteiger partial charge < -0.3 is 15.9 Å². The SMILES string of the molecule is N=C/C(=C\N)c1cccc(COC=O)c1F. The third kappa shape index (κ3) is 2.44. The first kappa shape index (κ1) is 11.9. The predicted molar refractivity (Wildman–Crippen MR) is 58.2 cm³/mol. The minimum atomic E-state index is -0.537.